The maximum atomic E-state index is 5.43. The van der Waals surface area contributed by atoms with Gasteiger partial charge in [0, 0.05) is 51.6 Å². The van der Waals surface area contributed by atoms with Crippen molar-refractivity contribution in [2.75, 3.05) is 45.3 Å². The first-order valence-corrected chi connectivity index (χ1v) is 8.35. The third-order valence-corrected chi connectivity index (χ3v) is 4.08. The largest absolute Gasteiger partial charge is 0.378 e. The SMILES string of the molecule is CN=C(NCc1cccnc1N1CCOCC1)N(C)Cc1ccon1.I. The fraction of sp³-hybridized carbons (Fsp3) is 0.471. The molecule has 0 aliphatic carbocycles. The molecule has 1 aliphatic rings. The van der Waals surface area contributed by atoms with Gasteiger partial charge in [-0.2, -0.15) is 0 Å². The summed E-state index contributed by atoms with van der Waals surface area (Å²) in [5.74, 6) is 1.80. The van der Waals surface area contributed by atoms with Gasteiger partial charge in [-0.1, -0.05) is 11.2 Å². The van der Waals surface area contributed by atoms with E-state index in [1.165, 1.54) is 0 Å². The first-order chi connectivity index (χ1) is 12.3. The molecule has 1 N–H and O–H groups in total. The molecule has 1 saturated heterocycles. The number of hydrogen-bond donors (Lipinski definition) is 1. The summed E-state index contributed by atoms with van der Waals surface area (Å²) in [4.78, 5) is 13.2. The van der Waals surface area contributed by atoms with Crippen molar-refractivity contribution in [1.29, 1.82) is 0 Å². The molecule has 0 radical (unpaired) electrons. The van der Waals surface area contributed by atoms with Gasteiger partial charge < -0.3 is 24.4 Å². The molecule has 0 bridgehead atoms. The predicted molar refractivity (Wildman–Crippen MR) is 111 cm³/mol. The summed E-state index contributed by atoms with van der Waals surface area (Å²) in [7, 11) is 3.74. The van der Waals surface area contributed by atoms with Crippen LogP contribution in [0.1, 0.15) is 11.3 Å². The number of ether oxygens (including phenoxy) is 1. The Morgan fingerprint density at radius 1 is 1.35 bits per heavy atom. The van der Waals surface area contributed by atoms with E-state index in [-0.39, 0.29) is 24.0 Å². The van der Waals surface area contributed by atoms with Gasteiger partial charge >= 0.3 is 0 Å². The minimum Gasteiger partial charge on any atom is -0.378 e. The van der Waals surface area contributed by atoms with Crippen LogP contribution in [-0.4, -0.2) is 61.4 Å². The van der Waals surface area contributed by atoms with Gasteiger partial charge in [0.05, 0.1) is 19.8 Å². The molecule has 3 rings (SSSR count). The highest BCUT2D eigenvalue weighted by Crippen LogP contribution is 2.18. The molecule has 0 aromatic carbocycles. The van der Waals surface area contributed by atoms with E-state index in [0.29, 0.717) is 13.1 Å². The highest BCUT2D eigenvalue weighted by atomic mass is 127. The normalized spacial score (nSPS) is 14.7. The Bertz CT molecular complexity index is 688. The Hall–Kier alpha value is -1.88. The molecule has 0 saturated carbocycles. The fourth-order valence-electron chi connectivity index (χ4n) is 2.82. The lowest BCUT2D eigenvalue weighted by molar-refractivity contribution is 0.122. The zero-order valence-electron chi connectivity index (χ0n) is 15.1. The fourth-order valence-corrected chi connectivity index (χ4v) is 2.82. The summed E-state index contributed by atoms with van der Waals surface area (Å²) in [5.41, 5.74) is 2.00. The number of nitrogens with one attached hydrogen (secondary N) is 1. The van der Waals surface area contributed by atoms with Crippen molar-refractivity contribution in [1.82, 2.24) is 20.4 Å². The predicted octanol–water partition coefficient (Wildman–Crippen LogP) is 1.73. The zero-order valence-corrected chi connectivity index (χ0v) is 17.4. The van der Waals surface area contributed by atoms with Crippen LogP contribution in [0, 0.1) is 0 Å². The second kappa shape index (κ2) is 10.3. The van der Waals surface area contributed by atoms with Crippen LogP contribution in [0.3, 0.4) is 0 Å². The van der Waals surface area contributed by atoms with Gasteiger partial charge in [-0.3, -0.25) is 4.99 Å². The van der Waals surface area contributed by atoms with E-state index >= 15 is 0 Å². The Kier molecular flexibility index (Phi) is 8.10. The van der Waals surface area contributed by atoms with Crippen molar-refractivity contribution in [2.24, 2.45) is 4.99 Å². The lowest BCUT2D eigenvalue weighted by Gasteiger charge is -2.29. The van der Waals surface area contributed by atoms with Crippen LogP contribution in [0.15, 0.2) is 40.2 Å². The maximum absolute atomic E-state index is 5.43. The molecule has 0 atom stereocenters. The monoisotopic (exact) mass is 472 g/mol. The number of anilines is 1. The van der Waals surface area contributed by atoms with Crippen molar-refractivity contribution in [3.63, 3.8) is 0 Å². The molecular formula is C17H25IN6O2. The van der Waals surface area contributed by atoms with Crippen molar-refractivity contribution in [3.8, 4) is 0 Å². The number of nitrogens with zero attached hydrogens (tertiary/aromatic N) is 5. The average Bonchev–Trinajstić information content (AvgIpc) is 3.16. The molecular weight excluding hydrogens is 447 g/mol. The van der Waals surface area contributed by atoms with Crippen LogP contribution in [0.2, 0.25) is 0 Å². The van der Waals surface area contributed by atoms with Crippen LogP contribution in [0.25, 0.3) is 0 Å². The van der Waals surface area contributed by atoms with Crippen molar-refractivity contribution in [2.45, 2.75) is 13.1 Å². The van der Waals surface area contributed by atoms with Crippen molar-refractivity contribution in [3.05, 3.63) is 41.9 Å². The minimum absolute atomic E-state index is 0. The van der Waals surface area contributed by atoms with E-state index in [2.05, 4.69) is 31.4 Å². The van der Waals surface area contributed by atoms with E-state index in [0.717, 1.165) is 49.3 Å². The van der Waals surface area contributed by atoms with E-state index in [1.54, 1.807) is 13.3 Å². The van der Waals surface area contributed by atoms with Crippen LogP contribution in [-0.2, 0) is 17.8 Å². The summed E-state index contributed by atoms with van der Waals surface area (Å²) in [6, 6.07) is 5.90. The Morgan fingerprint density at radius 3 is 2.85 bits per heavy atom. The second-order valence-electron chi connectivity index (χ2n) is 5.83. The molecule has 26 heavy (non-hydrogen) atoms. The Labute approximate surface area is 170 Å². The number of morpholine rings is 1. The molecule has 3 heterocycles. The number of aromatic nitrogens is 2. The Balaban J connectivity index is 0.00000243. The summed E-state index contributed by atoms with van der Waals surface area (Å²) >= 11 is 0. The van der Waals surface area contributed by atoms with E-state index in [4.69, 9.17) is 9.26 Å². The molecule has 142 valence electrons. The molecule has 2 aromatic rings. The summed E-state index contributed by atoms with van der Waals surface area (Å²) in [6.07, 6.45) is 3.41. The minimum atomic E-state index is 0. The number of hydrogen-bond acceptors (Lipinski definition) is 6. The van der Waals surface area contributed by atoms with Gasteiger partial charge in [-0.05, 0) is 6.07 Å². The zero-order chi connectivity index (χ0) is 17.5. The maximum Gasteiger partial charge on any atom is 0.194 e. The summed E-state index contributed by atoms with van der Waals surface area (Å²) in [6.45, 7) is 4.49. The molecule has 2 aromatic heterocycles. The molecule has 0 amide bonds. The number of guanidine groups is 1. The van der Waals surface area contributed by atoms with Gasteiger partial charge in [0.1, 0.15) is 17.8 Å². The van der Waals surface area contributed by atoms with Crippen LogP contribution >= 0.6 is 24.0 Å². The lowest BCUT2D eigenvalue weighted by atomic mass is 10.2. The first kappa shape index (κ1) is 20.4. The molecule has 0 unspecified atom stereocenters. The van der Waals surface area contributed by atoms with Gasteiger partial charge in [0.2, 0.25) is 0 Å². The third kappa shape index (κ3) is 5.31. The number of halogens is 1. The van der Waals surface area contributed by atoms with Gasteiger partial charge in [0.25, 0.3) is 0 Å². The van der Waals surface area contributed by atoms with Gasteiger partial charge in [-0.25, -0.2) is 4.98 Å². The van der Waals surface area contributed by atoms with Crippen molar-refractivity contribution >= 4 is 35.8 Å². The standard InChI is InChI=1S/C17H24N6O2.HI/c1-18-17(22(2)13-15-5-9-25-21-15)20-12-14-4-3-6-19-16(14)23-7-10-24-11-8-23;/h3-6,9H,7-8,10-13H2,1-2H3,(H,18,20);1H. The van der Waals surface area contributed by atoms with Crippen LogP contribution in [0.4, 0.5) is 5.82 Å². The molecule has 9 heteroatoms. The summed E-state index contributed by atoms with van der Waals surface area (Å²) in [5, 5.41) is 7.34. The van der Waals surface area contributed by atoms with Gasteiger partial charge in [-0.15, -0.1) is 24.0 Å². The molecule has 0 spiro atoms. The van der Waals surface area contributed by atoms with E-state index in [9.17, 15) is 0 Å². The molecule has 8 nitrogen and oxygen atoms in total. The van der Waals surface area contributed by atoms with E-state index in [1.807, 2.05) is 30.3 Å². The third-order valence-electron chi connectivity index (χ3n) is 4.08. The topological polar surface area (TPSA) is 79.0 Å². The van der Waals surface area contributed by atoms with Crippen molar-refractivity contribution < 1.29 is 9.26 Å². The van der Waals surface area contributed by atoms with E-state index < -0.39 is 0 Å². The number of aliphatic imine (C=N–C) groups is 1. The van der Waals surface area contributed by atoms with Gasteiger partial charge in [0.15, 0.2) is 5.96 Å². The number of pyridine rings is 1. The molecule has 1 aliphatic heterocycles. The van der Waals surface area contributed by atoms with Crippen LogP contribution in [0.5, 0.6) is 0 Å². The Morgan fingerprint density at radius 2 is 2.15 bits per heavy atom. The highest BCUT2D eigenvalue weighted by Gasteiger charge is 2.16. The molecule has 1 fully saturated rings. The van der Waals surface area contributed by atoms with Crippen LogP contribution < -0.4 is 10.2 Å². The lowest BCUT2D eigenvalue weighted by Crippen LogP contribution is -2.40. The quantitative estimate of drug-likeness (QED) is 0.404. The smallest absolute Gasteiger partial charge is 0.194 e. The second-order valence-corrected chi connectivity index (χ2v) is 5.83. The highest BCUT2D eigenvalue weighted by molar-refractivity contribution is 14.0. The number of rotatable bonds is 5. The average molecular weight is 472 g/mol. The first-order valence-electron chi connectivity index (χ1n) is 8.35. The summed E-state index contributed by atoms with van der Waals surface area (Å²) < 4.78 is 10.3.